The van der Waals surface area contributed by atoms with Gasteiger partial charge in [0.05, 0.1) is 17.9 Å². The first-order valence-corrected chi connectivity index (χ1v) is 22.8. The summed E-state index contributed by atoms with van der Waals surface area (Å²) in [5.74, 6) is 0. The standard InChI is InChI=1S/C28H30N3.C9H9N.2BrH.Fe.HI.Ni/c1-18-11-8-12-19(2)26(18)29-17-25(31-28-22(5)15-10-16-23(28)6)24(7)30-27-20(3)13-9-14-21(27)4;1-7-5-4-6-8(2)9(7)10-3;;;;;/h8-16H,1-7H3;4-6H,1-2H3;2*1H;;1H;/q-1;;;;+2;;+1/p-3. The Morgan fingerprint density at radius 2 is 0.935 bits per heavy atom. The predicted octanol–water partition coefficient (Wildman–Crippen LogP) is 13.1. The van der Waals surface area contributed by atoms with Gasteiger partial charge in [-0.05, 0) is 106 Å². The second kappa shape index (κ2) is 22.6. The first-order chi connectivity index (χ1) is 21.9. The van der Waals surface area contributed by atoms with Gasteiger partial charge < -0.3 is 9.98 Å². The number of halogens is 3. The molecule has 0 atom stereocenters. The van der Waals surface area contributed by atoms with E-state index in [4.69, 9.17) is 21.5 Å². The number of nitrogens with zero attached hydrogens (tertiary/aromatic N) is 4. The normalized spacial score (nSPS) is 11.1. The van der Waals surface area contributed by atoms with Crippen LogP contribution in [0, 0.1) is 62.0 Å². The van der Waals surface area contributed by atoms with Crippen molar-refractivity contribution in [2.75, 3.05) is 0 Å². The van der Waals surface area contributed by atoms with Crippen molar-refractivity contribution in [2.45, 2.75) is 62.3 Å². The Labute approximate surface area is 315 Å². The molecule has 247 valence electrons. The summed E-state index contributed by atoms with van der Waals surface area (Å²) in [6.45, 7) is 25.2. The minimum atomic E-state index is 0.641. The maximum absolute atomic E-state index is 6.85. The van der Waals surface area contributed by atoms with E-state index in [1.54, 1.807) is 20.5 Å². The fraction of sp³-hybridized carbons (Fsp3) is 0.243. The van der Waals surface area contributed by atoms with E-state index in [-0.39, 0.29) is 0 Å². The van der Waals surface area contributed by atoms with Crippen LogP contribution >= 0.6 is 48.7 Å². The van der Waals surface area contributed by atoms with E-state index in [2.05, 4.69) is 142 Å². The quantitative estimate of drug-likeness (QED) is 0.0828. The van der Waals surface area contributed by atoms with Gasteiger partial charge in [0, 0.05) is 0 Å². The van der Waals surface area contributed by atoms with Gasteiger partial charge in [-0.2, -0.15) is 0 Å². The summed E-state index contributed by atoms with van der Waals surface area (Å²) >= 11 is 12.6. The van der Waals surface area contributed by atoms with E-state index in [0.717, 1.165) is 84.3 Å². The molecule has 0 unspecified atom stereocenters. The molecular weight excluding hydrogens is 902 g/mol. The molecule has 0 aromatic heterocycles. The summed E-state index contributed by atoms with van der Waals surface area (Å²) in [7, 11) is 0. The zero-order chi connectivity index (χ0) is 34.8. The van der Waals surface area contributed by atoms with Crippen molar-refractivity contribution in [3.63, 3.8) is 0 Å². The number of hydrogen-bond acceptors (Lipinski definition) is 3. The Balaban J connectivity index is 0.000000586. The van der Waals surface area contributed by atoms with Crippen LogP contribution in [0.2, 0.25) is 0 Å². The van der Waals surface area contributed by atoms with Crippen LogP contribution in [0.5, 0.6) is 0 Å². The molecule has 4 rings (SSSR count). The number of para-hydroxylation sites is 4. The van der Waals surface area contributed by atoms with Crippen molar-refractivity contribution in [3.05, 3.63) is 129 Å². The van der Waals surface area contributed by atoms with Crippen molar-refractivity contribution in [1.29, 1.82) is 0 Å². The second-order valence-corrected chi connectivity index (χ2v) is 16.1. The molecule has 0 bridgehead atoms. The van der Waals surface area contributed by atoms with Crippen LogP contribution in [0.1, 0.15) is 51.4 Å². The molecule has 0 radical (unpaired) electrons. The van der Waals surface area contributed by atoms with Gasteiger partial charge in [0.15, 0.2) is 5.69 Å². The Kier molecular flexibility index (Phi) is 20.7. The molecule has 0 amide bonds. The fourth-order valence-corrected chi connectivity index (χ4v) is 4.56. The molecule has 0 N–H and O–H groups in total. The molecule has 4 nitrogen and oxygen atoms in total. The Bertz CT molecular complexity index is 1650. The molecule has 4 aromatic rings. The fourth-order valence-electron chi connectivity index (χ4n) is 4.56. The van der Waals surface area contributed by atoms with Crippen LogP contribution < -0.4 is 0 Å². The van der Waals surface area contributed by atoms with E-state index in [0.29, 0.717) is 5.71 Å². The molecular formula is C37H39Br2FeIN4Ni-. The van der Waals surface area contributed by atoms with Gasteiger partial charge in [-0.15, -0.1) is 0 Å². The summed E-state index contributed by atoms with van der Waals surface area (Å²) in [6.07, 6.45) is 3.22. The second-order valence-electron chi connectivity index (χ2n) is 10.5. The van der Waals surface area contributed by atoms with Gasteiger partial charge in [-0.3, -0.25) is 4.99 Å². The minimum absolute atomic E-state index is 0.641. The van der Waals surface area contributed by atoms with E-state index >= 15 is 0 Å². The topological polar surface area (TPSA) is 41.4 Å². The molecule has 0 aliphatic heterocycles. The van der Waals surface area contributed by atoms with Gasteiger partial charge in [0.25, 0.3) is 0 Å². The number of rotatable bonds is 5. The van der Waals surface area contributed by atoms with Crippen molar-refractivity contribution >= 4 is 89.1 Å². The molecule has 0 aliphatic carbocycles. The van der Waals surface area contributed by atoms with Crippen molar-refractivity contribution in [2.24, 2.45) is 15.0 Å². The van der Waals surface area contributed by atoms with Crippen LogP contribution in [0.25, 0.3) is 4.85 Å². The monoisotopic (exact) mass is 938 g/mol. The molecule has 4 aromatic carbocycles. The first-order valence-electron chi connectivity index (χ1n) is 14.2. The first kappa shape index (κ1) is 42.1. The van der Waals surface area contributed by atoms with Gasteiger partial charge in [-0.1, -0.05) is 97.1 Å². The van der Waals surface area contributed by atoms with Crippen LogP contribution in [-0.2, 0) is 23.6 Å². The number of aliphatic imine (C=N–C) groups is 3. The average molecular weight is 941 g/mol. The Hall–Kier alpha value is -1.92. The maximum atomic E-state index is 6.85. The molecule has 0 fully saturated rings. The van der Waals surface area contributed by atoms with Gasteiger partial charge in [0.1, 0.15) is 0 Å². The molecule has 9 heteroatoms. The summed E-state index contributed by atoms with van der Waals surface area (Å²) in [5.41, 5.74) is 13.9. The van der Waals surface area contributed by atoms with E-state index in [1.807, 2.05) is 45.0 Å². The third-order valence-corrected chi connectivity index (χ3v) is 6.99. The molecule has 0 saturated carbocycles. The molecule has 46 heavy (non-hydrogen) atoms. The van der Waals surface area contributed by atoms with E-state index in [9.17, 15) is 0 Å². The third kappa shape index (κ3) is 13.3. The predicted molar refractivity (Wildman–Crippen MR) is 209 cm³/mol. The molecule has 0 saturated heterocycles. The number of hydrogen-bond donors (Lipinski definition) is 0. The summed E-state index contributed by atoms with van der Waals surface area (Å²) < 4.78 is 0. The third-order valence-electron chi connectivity index (χ3n) is 6.99. The molecule has 0 spiro atoms. The van der Waals surface area contributed by atoms with Gasteiger partial charge >= 0.3 is 72.3 Å². The van der Waals surface area contributed by atoms with Gasteiger partial charge in [-0.25, -0.2) is 4.85 Å². The van der Waals surface area contributed by atoms with Crippen molar-refractivity contribution in [3.8, 4) is 0 Å². The van der Waals surface area contributed by atoms with Crippen LogP contribution in [0.4, 0.5) is 22.7 Å². The van der Waals surface area contributed by atoms with Crippen LogP contribution in [0.3, 0.4) is 0 Å². The molecule has 0 heterocycles. The van der Waals surface area contributed by atoms with Crippen molar-refractivity contribution < 1.29 is 23.6 Å². The number of benzene rings is 4. The summed E-state index contributed by atoms with van der Waals surface area (Å²) in [5, 5.41) is 0. The summed E-state index contributed by atoms with van der Waals surface area (Å²) in [6, 6.07) is 24.5. The summed E-state index contributed by atoms with van der Waals surface area (Å²) in [4.78, 5) is 18.0. The zero-order valence-corrected chi connectivity index (χ0v) is 34.9. The van der Waals surface area contributed by atoms with E-state index < -0.39 is 0 Å². The SMILES string of the molecule is CC(=Nc1c(C)cccc1C)C([C-]=Nc1c(C)cccc1C)=Nc1c(C)cccc1C.[Br][Fe][Br].[C-]#[N+]c1c(C)cccc1C.[Ni][I]. The Morgan fingerprint density at radius 3 is 1.26 bits per heavy atom. The average Bonchev–Trinajstić information content (AvgIpc) is 3.01. The van der Waals surface area contributed by atoms with Gasteiger partial charge in [0.2, 0.25) is 0 Å². The Morgan fingerprint density at radius 1 is 0.630 bits per heavy atom. The van der Waals surface area contributed by atoms with Crippen LogP contribution in [0.15, 0.2) is 87.8 Å². The zero-order valence-electron chi connectivity index (χ0n) is 27.5. The number of aryl methyl sites for hydroxylation is 8. The van der Waals surface area contributed by atoms with E-state index in [1.165, 1.54) is 0 Å². The van der Waals surface area contributed by atoms with Crippen LogP contribution in [-0.4, -0.2) is 17.6 Å². The molecule has 0 aliphatic rings. The van der Waals surface area contributed by atoms with Crippen molar-refractivity contribution in [1.82, 2.24) is 0 Å².